The van der Waals surface area contributed by atoms with E-state index >= 15 is 0 Å². The molecule has 9 nitrogen and oxygen atoms in total. The van der Waals surface area contributed by atoms with Crippen LogP contribution in [0.4, 0.5) is 27.8 Å². The highest BCUT2D eigenvalue weighted by atomic mass is 32.2. The zero-order valence-electron chi connectivity index (χ0n) is 23.7. The maximum Gasteiger partial charge on any atom is 0.471 e. The van der Waals surface area contributed by atoms with Gasteiger partial charge in [0.05, 0.1) is 23.5 Å². The predicted molar refractivity (Wildman–Crippen MR) is 153 cm³/mol. The van der Waals surface area contributed by atoms with E-state index < -0.39 is 51.8 Å². The van der Waals surface area contributed by atoms with Gasteiger partial charge in [-0.15, -0.1) is 0 Å². The van der Waals surface area contributed by atoms with Crippen LogP contribution in [0.1, 0.15) is 36.8 Å². The van der Waals surface area contributed by atoms with Crippen LogP contribution < -0.4 is 10.0 Å². The number of aliphatic hydroxyl groups is 1. The summed E-state index contributed by atoms with van der Waals surface area (Å²) in [5, 5.41) is 16.5. The number of amides is 1. The lowest BCUT2D eigenvalue weighted by Gasteiger charge is -2.23. The van der Waals surface area contributed by atoms with Gasteiger partial charge in [-0.05, 0) is 62.1 Å². The molecule has 1 atom stereocenters. The minimum atomic E-state index is -5.31. The average Bonchev–Trinajstić information content (AvgIpc) is 3.19. The topological polar surface area (TPSA) is 126 Å². The number of nitrogens with one attached hydrogen (secondary N) is 2. The van der Waals surface area contributed by atoms with E-state index in [4.69, 9.17) is 0 Å². The molecule has 0 aliphatic carbocycles. The van der Waals surface area contributed by atoms with Crippen LogP contribution in [0.3, 0.4) is 0 Å². The number of carbonyl (C=O) groups excluding carboxylic acids is 1. The van der Waals surface area contributed by atoms with E-state index in [1.54, 1.807) is 18.2 Å². The molecule has 4 rings (SSSR count). The predicted octanol–water partition coefficient (Wildman–Crippen LogP) is 4.37. The van der Waals surface area contributed by atoms with Gasteiger partial charge in [-0.25, -0.2) is 22.2 Å². The van der Waals surface area contributed by atoms with Crippen LogP contribution in [0, 0.1) is 23.5 Å². The number of rotatable bonds is 7. The molecule has 2 aromatic heterocycles. The van der Waals surface area contributed by atoms with E-state index in [-0.39, 0.29) is 28.3 Å². The van der Waals surface area contributed by atoms with Crippen molar-refractivity contribution in [2.75, 3.05) is 11.0 Å². The molecule has 0 spiro atoms. The van der Waals surface area contributed by atoms with E-state index in [2.05, 4.69) is 26.6 Å². The quantitative estimate of drug-likeness (QED) is 0.205. The van der Waals surface area contributed by atoms with Crippen LogP contribution in [0.2, 0.25) is 0 Å². The summed E-state index contributed by atoms with van der Waals surface area (Å²) in [6.07, 6.45) is -4.88. The number of anilines is 1. The largest absolute Gasteiger partial charge is 0.471 e. The second-order valence-electron chi connectivity index (χ2n) is 10.5. The Morgan fingerprint density at radius 2 is 1.73 bits per heavy atom. The third-order valence-electron chi connectivity index (χ3n) is 6.11. The van der Waals surface area contributed by atoms with Crippen LogP contribution in [0.25, 0.3) is 22.0 Å². The number of fused-ring (bicyclic) bond motifs is 1. The van der Waals surface area contributed by atoms with Gasteiger partial charge in [0, 0.05) is 29.6 Å². The summed E-state index contributed by atoms with van der Waals surface area (Å²) < 4.78 is 96.1. The number of aromatic nitrogens is 3. The molecule has 0 saturated carbocycles. The first-order valence-corrected chi connectivity index (χ1v) is 14.7. The molecular formula is C29H26F5N5O4S. The van der Waals surface area contributed by atoms with Gasteiger partial charge in [-0.1, -0.05) is 18.1 Å². The van der Waals surface area contributed by atoms with Gasteiger partial charge in [0.25, 0.3) is 0 Å². The third kappa shape index (κ3) is 7.88. The third-order valence-corrected chi connectivity index (χ3v) is 6.68. The Balaban J connectivity index is 2.00. The second-order valence-corrected chi connectivity index (χ2v) is 12.2. The first-order chi connectivity index (χ1) is 20.3. The van der Waals surface area contributed by atoms with E-state index in [1.807, 2.05) is 5.32 Å². The van der Waals surface area contributed by atoms with Crippen molar-refractivity contribution in [3.05, 3.63) is 77.1 Å². The van der Waals surface area contributed by atoms with Crippen LogP contribution >= 0.6 is 0 Å². The lowest BCUT2D eigenvalue weighted by atomic mass is 9.93. The summed E-state index contributed by atoms with van der Waals surface area (Å²) >= 11 is 0. The fourth-order valence-corrected chi connectivity index (χ4v) is 4.98. The first kappa shape index (κ1) is 32.4. The number of hydrogen-bond donors (Lipinski definition) is 3. The number of alkyl halides is 3. The smallest absolute Gasteiger partial charge is 0.378 e. The van der Waals surface area contributed by atoms with Crippen molar-refractivity contribution in [3.63, 3.8) is 0 Å². The summed E-state index contributed by atoms with van der Waals surface area (Å²) in [6, 6.07) is 8.46. The van der Waals surface area contributed by atoms with Crippen LogP contribution in [0.5, 0.6) is 0 Å². The van der Waals surface area contributed by atoms with Crippen molar-refractivity contribution < 1.29 is 40.3 Å². The monoisotopic (exact) mass is 635 g/mol. The zero-order valence-corrected chi connectivity index (χ0v) is 24.5. The van der Waals surface area contributed by atoms with Crippen molar-refractivity contribution in [3.8, 4) is 23.0 Å². The number of para-hydroxylation sites is 1. The Morgan fingerprint density at radius 3 is 2.32 bits per heavy atom. The Labute approximate surface area is 249 Å². The number of aryl methyl sites for hydroxylation is 1. The van der Waals surface area contributed by atoms with Gasteiger partial charge in [-0.2, -0.15) is 18.3 Å². The van der Waals surface area contributed by atoms with Crippen molar-refractivity contribution in [2.45, 2.75) is 38.1 Å². The summed E-state index contributed by atoms with van der Waals surface area (Å²) in [4.78, 5) is 16.6. The lowest BCUT2D eigenvalue weighted by Crippen LogP contribution is -2.40. The molecule has 0 saturated heterocycles. The van der Waals surface area contributed by atoms with Crippen molar-refractivity contribution in [1.82, 2.24) is 20.1 Å². The van der Waals surface area contributed by atoms with Gasteiger partial charge in [-0.3, -0.25) is 14.2 Å². The number of benzene rings is 2. The molecule has 1 amide bonds. The number of pyridine rings is 1. The summed E-state index contributed by atoms with van der Waals surface area (Å²) in [7, 11) is -2.21. The fourth-order valence-electron chi connectivity index (χ4n) is 4.48. The van der Waals surface area contributed by atoms with E-state index in [9.17, 15) is 40.3 Å². The van der Waals surface area contributed by atoms with Crippen LogP contribution in [-0.4, -0.2) is 52.2 Å². The Kier molecular flexibility index (Phi) is 8.72. The summed E-state index contributed by atoms with van der Waals surface area (Å²) in [5.41, 5.74) is -0.792. The van der Waals surface area contributed by atoms with Gasteiger partial charge >= 0.3 is 12.1 Å². The fraction of sp³-hybridized carbons (Fsp3) is 0.276. The normalized spacial score (nSPS) is 12.9. The number of hydrogen-bond acceptors (Lipinski definition) is 6. The molecule has 0 bridgehead atoms. The molecule has 0 aliphatic rings. The molecule has 15 heteroatoms. The molecule has 3 N–H and O–H groups in total. The van der Waals surface area contributed by atoms with Gasteiger partial charge in [0.1, 0.15) is 22.9 Å². The highest BCUT2D eigenvalue weighted by molar-refractivity contribution is 7.92. The number of halogens is 5. The second kappa shape index (κ2) is 11.9. The number of nitrogens with zero attached hydrogens (tertiary/aromatic N) is 3. The van der Waals surface area contributed by atoms with E-state index in [1.165, 1.54) is 37.7 Å². The Bertz CT molecular complexity index is 1900. The molecule has 0 fully saturated rings. The lowest BCUT2D eigenvalue weighted by molar-refractivity contribution is -0.174. The van der Waals surface area contributed by atoms with Crippen LogP contribution in [0.15, 0.2) is 48.5 Å². The van der Waals surface area contributed by atoms with Crippen molar-refractivity contribution in [2.24, 2.45) is 7.05 Å². The van der Waals surface area contributed by atoms with E-state index in [0.29, 0.717) is 22.5 Å². The molecule has 44 heavy (non-hydrogen) atoms. The molecule has 232 valence electrons. The van der Waals surface area contributed by atoms with Crippen molar-refractivity contribution in [1.29, 1.82) is 0 Å². The molecule has 0 radical (unpaired) electrons. The van der Waals surface area contributed by atoms with Crippen LogP contribution in [-0.2, 0) is 28.3 Å². The number of sulfonamides is 1. The Morgan fingerprint density at radius 1 is 1.07 bits per heavy atom. The van der Waals surface area contributed by atoms with Gasteiger partial charge in [0.15, 0.2) is 5.82 Å². The van der Waals surface area contributed by atoms with E-state index in [0.717, 1.165) is 18.4 Å². The molecule has 4 aromatic rings. The maximum atomic E-state index is 14.1. The average molecular weight is 636 g/mol. The summed E-state index contributed by atoms with van der Waals surface area (Å²) in [5.74, 6) is 0.904. The van der Waals surface area contributed by atoms with Gasteiger partial charge in [0.2, 0.25) is 10.0 Å². The zero-order chi connectivity index (χ0) is 32.6. The highest BCUT2D eigenvalue weighted by Gasteiger charge is 2.40. The molecular weight excluding hydrogens is 609 g/mol. The Hall–Kier alpha value is -4.55. The summed E-state index contributed by atoms with van der Waals surface area (Å²) in [6.45, 7) is 2.82. The minimum Gasteiger partial charge on any atom is -0.378 e. The molecule has 2 heterocycles. The SMILES string of the molecule is Cn1nc(NS(C)(=O)=O)c2cccc(-c3ccc(C#CC(C)(C)O)nc3[C@H](Cc3cc(F)cc(F)c3)NC(=O)C(F)(F)F)c21. The highest BCUT2D eigenvalue weighted by Crippen LogP contribution is 2.37. The first-order valence-electron chi connectivity index (χ1n) is 12.8. The molecule has 2 aromatic carbocycles. The van der Waals surface area contributed by atoms with Crippen molar-refractivity contribution >= 4 is 32.7 Å². The molecule has 0 aliphatic heterocycles. The van der Waals surface area contributed by atoms with Gasteiger partial charge < -0.3 is 10.4 Å². The number of carbonyl (C=O) groups is 1. The molecule has 0 unspecified atom stereocenters. The standard InChI is InChI=1S/C29H26F5N5O4S/c1-28(2,41)11-10-19-8-9-20(21-6-5-7-22-25(21)39(3)37-26(22)38-44(4,42)43)24(35-19)23(36-27(40)29(32,33)34)14-16-12-17(30)15-18(31)13-16/h5-9,12-13,15,23,41H,14H2,1-4H3,(H,36,40)(H,37,38)/t23-/m0/s1. The maximum absolute atomic E-state index is 14.1. The minimum absolute atomic E-state index is 0.00816.